The van der Waals surface area contributed by atoms with Crippen molar-refractivity contribution in [2.75, 3.05) is 6.54 Å². The van der Waals surface area contributed by atoms with Crippen molar-refractivity contribution in [3.63, 3.8) is 0 Å². The fourth-order valence-corrected chi connectivity index (χ4v) is 2.61. The first kappa shape index (κ1) is 16.3. The van der Waals surface area contributed by atoms with Gasteiger partial charge < -0.3 is 9.47 Å². The maximum atomic E-state index is 12.7. The van der Waals surface area contributed by atoms with Crippen molar-refractivity contribution in [2.45, 2.75) is 53.6 Å². The van der Waals surface area contributed by atoms with Crippen LogP contribution in [0.3, 0.4) is 0 Å². The van der Waals surface area contributed by atoms with Gasteiger partial charge in [-0.05, 0) is 48.2 Å². The third-order valence-corrected chi connectivity index (χ3v) is 3.43. The van der Waals surface area contributed by atoms with Gasteiger partial charge in [0.05, 0.1) is 0 Å². The molecule has 1 aromatic rings. The summed E-state index contributed by atoms with van der Waals surface area (Å²) in [5.74, 6) is 0.604. The highest BCUT2D eigenvalue weighted by molar-refractivity contribution is 9.10. The van der Waals surface area contributed by atoms with Crippen LogP contribution in [0.25, 0.3) is 0 Å². The predicted molar refractivity (Wildman–Crippen MR) is 83.4 cm³/mol. The lowest BCUT2D eigenvalue weighted by Crippen LogP contribution is -2.40. The van der Waals surface area contributed by atoms with E-state index in [4.69, 9.17) is 0 Å². The molecule has 0 unspecified atom stereocenters. The van der Waals surface area contributed by atoms with E-state index in [1.54, 1.807) is 0 Å². The Bertz CT molecular complexity index is 424. The van der Waals surface area contributed by atoms with Gasteiger partial charge in [0.25, 0.3) is 5.91 Å². The lowest BCUT2D eigenvalue weighted by atomic mass is 10.1. The van der Waals surface area contributed by atoms with Crippen LogP contribution in [0.4, 0.5) is 0 Å². The van der Waals surface area contributed by atoms with Crippen LogP contribution in [0.1, 0.15) is 51.5 Å². The predicted octanol–water partition coefficient (Wildman–Crippen LogP) is 4.17. The molecule has 1 aromatic heterocycles. The number of aromatic nitrogens is 1. The summed E-state index contributed by atoms with van der Waals surface area (Å²) in [5.41, 5.74) is 0.781. The number of halogens is 1. The van der Waals surface area contributed by atoms with Crippen LogP contribution in [0, 0.1) is 5.92 Å². The Kier molecular flexibility index (Phi) is 6.11. The molecule has 0 aromatic carbocycles. The Morgan fingerprint density at radius 2 is 2.00 bits per heavy atom. The second kappa shape index (κ2) is 7.13. The van der Waals surface area contributed by atoms with Crippen molar-refractivity contribution >= 4 is 21.8 Å². The van der Waals surface area contributed by atoms with Crippen LogP contribution in [0.5, 0.6) is 0 Å². The van der Waals surface area contributed by atoms with E-state index < -0.39 is 0 Å². The van der Waals surface area contributed by atoms with Gasteiger partial charge in [-0.1, -0.05) is 20.8 Å². The number of hydrogen-bond acceptors (Lipinski definition) is 1. The number of carbonyl (C=O) groups is 1. The highest BCUT2D eigenvalue weighted by Crippen LogP contribution is 2.19. The molecule has 19 heavy (non-hydrogen) atoms. The van der Waals surface area contributed by atoms with Gasteiger partial charge in [0.2, 0.25) is 0 Å². The van der Waals surface area contributed by atoms with E-state index in [0.29, 0.717) is 5.92 Å². The van der Waals surface area contributed by atoms with E-state index >= 15 is 0 Å². The average molecular weight is 329 g/mol. The molecule has 1 amide bonds. The van der Waals surface area contributed by atoms with Crippen LogP contribution in [-0.4, -0.2) is 28.0 Å². The first-order valence-corrected chi connectivity index (χ1v) is 7.82. The molecule has 1 heterocycles. The Hall–Kier alpha value is -0.770. The highest BCUT2D eigenvalue weighted by atomic mass is 79.9. The van der Waals surface area contributed by atoms with Crippen molar-refractivity contribution in [1.29, 1.82) is 0 Å². The third-order valence-electron chi connectivity index (χ3n) is 2.99. The zero-order valence-corrected chi connectivity index (χ0v) is 14.2. The smallest absolute Gasteiger partial charge is 0.270 e. The molecule has 0 aliphatic carbocycles. The first-order valence-electron chi connectivity index (χ1n) is 7.03. The van der Waals surface area contributed by atoms with Crippen LogP contribution in [0.2, 0.25) is 0 Å². The summed E-state index contributed by atoms with van der Waals surface area (Å²) in [5, 5.41) is 0. The van der Waals surface area contributed by atoms with Crippen molar-refractivity contribution in [1.82, 2.24) is 9.47 Å². The molecular weight excluding hydrogens is 304 g/mol. The summed E-state index contributed by atoms with van der Waals surface area (Å²) in [6.45, 7) is 12.2. The first-order chi connectivity index (χ1) is 8.86. The maximum absolute atomic E-state index is 12.7. The van der Waals surface area contributed by atoms with Crippen LogP contribution < -0.4 is 0 Å². The van der Waals surface area contributed by atoms with E-state index in [9.17, 15) is 4.79 Å². The fourth-order valence-electron chi connectivity index (χ4n) is 2.15. The molecule has 0 atom stereocenters. The van der Waals surface area contributed by atoms with E-state index in [-0.39, 0.29) is 11.9 Å². The molecule has 1 rings (SSSR count). The number of aryl methyl sites for hydroxylation is 1. The monoisotopic (exact) mass is 328 g/mol. The molecule has 0 aliphatic rings. The number of carbonyl (C=O) groups excluding carboxylic acids is 1. The van der Waals surface area contributed by atoms with E-state index in [2.05, 4.69) is 50.5 Å². The number of nitrogens with zero attached hydrogens (tertiary/aromatic N) is 2. The molecule has 108 valence electrons. The molecule has 0 N–H and O–H groups in total. The maximum Gasteiger partial charge on any atom is 0.270 e. The summed E-state index contributed by atoms with van der Waals surface area (Å²) in [6, 6.07) is 2.15. The van der Waals surface area contributed by atoms with E-state index in [0.717, 1.165) is 29.7 Å². The Labute approximate surface area is 125 Å². The highest BCUT2D eigenvalue weighted by Gasteiger charge is 2.22. The number of rotatable bonds is 6. The van der Waals surface area contributed by atoms with Crippen LogP contribution in [-0.2, 0) is 6.54 Å². The summed E-state index contributed by atoms with van der Waals surface area (Å²) < 4.78 is 3.01. The minimum Gasteiger partial charge on any atom is -0.342 e. The zero-order valence-electron chi connectivity index (χ0n) is 12.6. The summed E-state index contributed by atoms with van der Waals surface area (Å²) >= 11 is 3.47. The molecule has 0 saturated heterocycles. The lowest BCUT2D eigenvalue weighted by Gasteiger charge is -2.29. The molecule has 0 saturated carbocycles. The van der Waals surface area contributed by atoms with Gasteiger partial charge in [-0.3, -0.25) is 4.79 Å². The molecule has 0 aliphatic heterocycles. The summed E-state index contributed by atoms with van der Waals surface area (Å²) in [6.07, 6.45) is 3.01. The molecule has 0 bridgehead atoms. The van der Waals surface area contributed by atoms with Crippen LogP contribution >= 0.6 is 15.9 Å². The molecule has 0 fully saturated rings. The normalized spacial score (nSPS) is 11.4. The van der Waals surface area contributed by atoms with Gasteiger partial charge in [0.15, 0.2) is 0 Å². The van der Waals surface area contributed by atoms with Gasteiger partial charge in [0.1, 0.15) is 5.69 Å². The van der Waals surface area contributed by atoms with Crippen molar-refractivity contribution in [2.24, 2.45) is 5.92 Å². The number of hydrogen-bond donors (Lipinski definition) is 0. The minimum absolute atomic E-state index is 0.128. The van der Waals surface area contributed by atoms with Crippen molar-refractivity contribution in [3.05, 3.63) is 22.4 Å². The van der Waals surface area contributed by atoms with E-state index in [1.807, 2.05) is 21.7 Å². The lowest BCUT2D eigenvalue weighted by molar-refractivity contribution is 0.0670. The van der Waals surface area contributed by atoms with Crippen molar-refractivity contribution < 1.29 is 4.79 Å². The van der Waals surface area contributed by atoms with Gasteiger partial charge in [-0.15, -0.1) is 0 Å². The Morgan fingerprint density at radius 1 is 1.37 bits per heavy atom. The topological polar surface area (TPSA) is 25.2 Å². The molecule has 0 radical (unpaired) electrons. The second-order valence-electron chi connectivity index (χ2n) is 5.68. The molecule has 4 heteroatoms. The Morgan fingerprint density at radius 3 is 2.47 bits per heavy atom. The van der Waals surface area contributed by atoms with Crippen molar-refractivity contribution in [3.8, 4) is 0 Å². The zero-order chi connectivity index (χ0) is 14.6. The number of amides is 1. The average Bonchev–Trinajstić information content (AvgIpc) is 2.66. The SMILES string of the molecule is CCCn1cc(Br)cc1C(=O)N(CC(C)C)C(C)C. The van der Waals surface area contributed by atoms with Crippen LogP contribution in [0.15, 0.2) is 16.7 Å². The third kappa shape index (κ3) is 4.37. The van der Waals surface area contributed by atoms with Gasteiger partial charge >= 0.3 is 0 Å². The van der Waals surface area contributed by atoms with Gasteiger partial charge in [0, 0.05) is 29.8 Å². The minimum atomic E-state index is 0.128. The standard InChI is InChI=1S/C15H25BrN2O/c1-6-7-17-10-13(16)8-14(17)15(19)18(12(4)5)9-11(2)3/h8,10-12H,6-7,9H2,1-5H3. The second-order valence-corrected chi connectivity index (χ2v) is 6.60. The van der Waals surface area contributed by atoms with Gasteiger partial charge in [-0.2, -0.15) is 0 Å². The molecular formula is C15H25BrN2O. The van der Waals surface area contributed by atoms with Gasteiger partial charge in [-0.25, -0.2) is 0 Å². The summed E-state index contributed by atoms with van der Waals surface area (Å²) in [4.78, 5) is 14.7. The largest absolute Gasteiger partial charge is 0.342 e. The quantitative estimate of drug-likeness (QED) is 0.769. The van der Waals surface area contributed by atoms with E-state index in [1.165, 1.54) is 0 Å². The summed E-state index contributed by atoms with van der Waals surface area (Å²) in [7, 11) is 0. The fraction of sp³-hybridized carbons (Fsp3) is 0.667. The molecule has 0 spiro atoms. The molecule has 3 nitrogen and oxygen atoms in total. The Balaban J connectivity index is 3.01.